The number of hydrogen-bond acceptors (Lipinski definition) is 8. The second kappa shape index (κ2) is 11.2. The number of nitrogens with one attached hydrogen (secondary N) is 1. The Morgan fingerprint density at radius 3 is 2.97 bits per heavy atom. The molecule has 1 atom stereocenters. The standard InChI is InChI=1S/C27H32N4O4S/c1-3-33-26(32)15-20(19-7-9-23-24(14-19)35-17-34-23)13-22-16-25(31(2)30-22)36-12-10-21-8-6-18-5-4-11-28-27(18)29-21/h6-9,14,16,20H,3-5,10-13,15,17H2,1-2H3,(H,28,29). The average molecular weight is 509 g/mol. The van der Waals surface area contributed by atoms with E-state index < -0.39 is 0 Å². The van der Waals surface area contributed by atoms with Crippen molar-refractivity contribution in [1.29, 1.82) is 0 Å². The average Bonchev–Trinajstić information content (AvgIpc) is 3.49. The number of carbonyl (C=O) groups is 1. The van der Waals surface area contributed by atoms with Crippen molar-refractivity contribution in [1.82, 2.24) is 14.8 Å². The molecule has 0 spiro atoms. The molecule has 0 saturated carbocycles. The number of nitrogens with zero attached hydrogens (tertiary/aromatic N) is 3. The number of pyridine rings is 1. The van der Waals surface area contributed by atoms with E-state index in [1.54, 1.807) is 11.8 Å². The molecule has 1 N–H and O–H groups in total. The maximum atomic E-state index is 12.4. The summed E-state index contributed by atoms with van der Waals surface area (Å²) < 4.78 is 18.2. The van der Waals surface area contributed by atoms with E-state index in [1.165, 1.54) is 12.0 Å². The van der Waals surface area contributed by atoms with Crippen molar-refractivity contribution in [2.24, 2.45) is 7.05 Å². The molecule has 0 saturated heterocycles. The topological polar surface area (TPSA) is 87.5 Å². The van der Waals surface area contributed by atoms with E-state index in [-0.39, 0.29) is 25.1 Å². The van der Waals surface area contributed by atoms with Crippen molar-refractivity contribution in [3.05, 3.63) is 58.9 Å². The fourth-order valence-electron chi connectivity index (χ4n) is 4.66. The van der Waals surface area contributed by atoms with Gasteiger partial charge < -0.3 is 19.5 Å². The molecule has 36 heavy (non-hydrogen) atoms. The summed E-state index contributed by atoms with van der Waals surface area (Å²) in [7, 11) is 1.97. The lowest BCUT2D eigenvalue weighted by Crippen LogP contribution is -2.14. The highest BCUT2D eigenvalue weighted by molar-refractivity contribution is 7.99. The first-order valence-electron chi connectivity index (χ1n) is 12.5. The molecule has 5 rings (SSSR count). The molecule has 0 fully saturated rings. The summed E-state index contributed by atoms with van der Waals surface area (Å²) in [6, 6.07) is 12.3. The number of carbonyl (C=O) groups excluding carboxylic acids is 1. The van der Waals surface area contributed by atoms with Crippen molar-refractivity contribution in [3.63, 3.8) is 0 Å². The molecule has 9 heteroatoms. The lowest BCUT2D eigenvalue weighted by Gasteiger charge is -2.17. The Morgan fingerprint density at radius 1 is 1.19 bits per heavy atom. The van der Waals surface area contributed by atoms with Gasteiger partial charge in [-0.3, -0.25) is 9.48 Å². The number of anilines is 1. The Bertz CT molecular complexity index is 1230. The van der Waals surface area contributed by atoms with Gasteiger partial charge in [-0.2, -0.15) is 5.10 Å². The van der Waals surface area contributed by atoms with Crippen molar-refractivity contribution in [2.75, 3.05) is 31.0 Å². The lowest BCUT2D eigenvalue weighted by atomic mass is 9.91. The largest absolute Gasteiger partial charge is 0.466 e. The van der Waals surface area contributed by atoms with E-state index in [1.807, 2.05) is 36.9 Å². The Labute approximate surface area is 215 Å². The third-order valence-corrected chi connectivity index (χ3v) is 7.58. The molecule has 4 heterocycles. The van der Waals surface area contributed by atoms with Gasteiger partial charge in [-0.05, 0) is 68.0 Å². The first-order chi connectivity index (χ1) is 17.6. The first-order valence-corrected chi connectivity index (χ1v) is 13.5. The van der Waals surface area contributed by atoms with Gasteiger partial charge in [0, 0.05) is 31.0 Å². The van der Waals surface area contributed by atoms with E-state index >= 15 is 0 Å². The number of rotatable bonds is 10. The predicted molar refractivity (Wildman–Crippen MR) is 139 cm³/mol. The number of esters is 1. The molecule has 2 aliphatic rings. The monoisotopic (exact) mass is 508 g/mol. The summed E-state index contributed by atoms with van der Waals surface area (Å²) >= 11 is 1.77. The van der Waals surface area contributed by atoms with Gasteiger partial charge in [0.15, 0.2) is 11.5 Å². The molecule has 0 radical (unpaired) electrons. The summed E-state index contributed by atoms with van der Waals surface area (Å²) in [6.45, 7) is 3.41. The lowest BCUT2D eigenvalue weighted by molar-refractivity contribution is -0.143. The second-order valence-corrected chi connectivity index (χ2v) is 10.2. The summed E-state index contributed by atoms with van der Waals surface area (Å²) in [6.07, 6.45) is 4.08. The highest BCUT2D eigenvalue weighted by Crippen LogP contribution is 2.36. The molecule has 0 aliphatic carbocycles. The normalized spacial score (nSPS) is 14.7. The molecule has 1 unspecified atom stereocenters. The minimum Gasteiger partial charge on any atom is -0.466 e. The Balaban J connectivity index is 1.24. The molecule has 3 aromatic rings. The zero-order chi connectivity index (χ0) is 24.9. The molecule has 1 aromatic carbocycles. The number of thioether (sulfide) groups is 1. The quantitative estimate of drug-likeness (QED) is 0.316. The minimum atomic E-state index is -0.210. The molecule has 2 aromatic heterocycles. The first kappa shape index (κ1) is 24.5. The molecule has 190 valence electrons. The van der Waals surface area contributed by atoms with Crippen molar-refractivity contribution in [3.8, 4) is 11.5 Å². The van der Waals surface area contributed by atoms with Crippen LogP contribution in [0.2, 0.25) is 0 Å². The van der Waals surface area contributed by atoms with Gasteiger partial charge in [0.2, 0.25) is 6.79 Å². The molecular weight excluding hydrogens is 476 g/mol. The van der Waals surface area contributed by atoms with Crippen molar-refractivity contribution < 1.29 is 19.0 Å². The number of aryl methyl sites for hydroxylation is 3. The van der Waals surface area contributed by atoms with Crippen LogP contribution in [0.25, 0.3) is 0 Å². The molecule has 8 nitrogen and oxygen atoms in total. The van der Waals surface area contributed by atoms with Gasteiger partial charge in [-0.25, -0.2) is 4.98 Å². The van der Waals surface area contributed by atoms with Gasteiger partial charge in [0.05, 0.1) is 23.7 Å². The van der Waals surface area contributed by atoms with Crippen LogP contribution in [-0.4, -0.2) is 46.4 Å². The summed E-state index contributed by atoms with van der Waals surface area (Å²) in [4.78, 5) is 17.2. The van der Waals surface area contributed by atoms with Crippen LogP contribution in [0.3, 0.4) is 0 Å². The fraction of sp³-hybridized carbons (Fsp3) is 0.444. The third kappa shape index (κ3) is 5.78. The summed E-state index contributed by atoms with van der Waals surface area (Å²) in [5.74, 6) is 3.12. The second-order valence-electron chi connectivity index (χ2n) is 9.06. The molecular formula is C27H32N4O4S. The number of hydrogen-bond donors (Lipinski definition) is 1. The van der Waals surface area contributed by atoms with Gasteiger partial charge >= 0.3 is 5.97 Å². The van der Waals surface area contributed by atoms with Crippen LogP contribution >= 0.6 is 11.8 Å². The fourth-order valence-corrected chi connectivity index (χ4v) is 5.63. The zero-order valence-corrected chi connectivity index (χ0v) is 21.6. The van der Waals surface area contributed by atoms with Crippen LogP contribution in [0.1, 0.15) is 48.2 Å². The number of benzene rings is 1. The van der Waals surface area contributed by atoms with Crippen LogP contribution in [-0.2, 0) is 35.8 Å². The van der Waals surface area contributed by atoms with E-state index in [4.69, 9.17) is 24.3 Å². The highest BCUT2D eigenvalue weighted by Gasteiger charge is 2.23. The smallest absolute Gasteiger partial charge is 0.306 e. The van der Waals surface area contributed by atoms with E-state index in [0.717, 1.165) is 58.7 Å². The van der Waals surface area contributed by atoms with Crippen LogP contribution < -0.4 is 14.8 Å². The molecule has 2 aliphatic heterocycles. The van der Waals surface area contributed by atoms with Crippen LogP contribution in [0.15, 0.2) is 41.4 Å². The summed E-state index contributed by atoms with van der Waals surface area (Å²) in [5, 5.41) is 9.26. The third-order valence-electron chi connectivity index (χ3n) is 6.49. The van der Waals surface area contributed by atoms with E-state index in [2.05, 4.69) is 23.5 Å². The maximum Gasteiger partial charge on any atom is 0.306 e. The maximum absolute atomic E-state index is 12.4. The van der Waals surface area contributed by atoms with E-state index in [9.17, 15) is 4.79 Å². The van der Waals surface area contributed by atoms with Crippen LogP contribution in [0.4, 0.5) is 5.82 Å². The van der Waals surface area contributed by atoms with Gasteiger partial charge in [0.25, 0.3) is 0 Å². The van der Waals surface area contributed by atoms with Gasteiger partial charge in [-0.1, -0.05) is 12.1 Å². The van der Waals surface area contributed by atoms with Gasteiger partial charge in [-0.15, -0.1) is 11.8 Å². The van der Waals surface area contributed by atoms with Crippen molar-refractivity contribution in [2.45, 2.75) is 50.0 Å². The predicted octanol–water partition coefficient (Wildman–Crippen LogP) is 4.52. The molecule has 0 amide bonds. The Hall–Kier alpha value is -3.20. The van der Waals surface area contributed by atoms with Crippen LogP contribution in [0, 0.1) is 0 Å². The summed E-state index contributed by atoms with van der Waals surface area (Å²) in [5.41, 5.74) is 4.38. The minimum absolute atomic E-state index is 0.0708. The van der Waals surface area contributed by atoms with E-state index in [0.29, 0.717) is 18.8 Å². The molecule has 0 bridgehead atoms. The van der Waals surface area contributed by atoms with Crippen LogP contribution in [0.5, 0.6) is 11.5 Å². The zero-order valence-electron chi connectivity index (χ0n) is 20.8. The number of aromatic nitrogens is 3. The van der Waals surface area contributed by atoms with Crippen molar-refractivity contribution >= 4 is 23.5 Å². The number of fused-ring (bicyclic) bond motifs is 2. The Kier molecular flexibility index (Phi) is 7.65. The number of ether oxygens (including phenoxy) is 3. The highest BCUT2D eigenvalue weighted by atomic mass is 32.2. The van der Waals surface area contributed by atoms with Gasteiger partial charge in [0.1, 0.15) is 5.82 Å². The Morgan fingerprint density at radius 2 is 2.08 bits per heavy atom. The SMILES string of the molecule is CCOC(=O)CC(Cc1cc(SCCc2ccc3c(n2)NCCC3)n(C)n1)c1ccc2c(c1)OCO2.